The quantitative estimate of drug-likeness (QED) is 0.365. The van der Waals surface area contributed by atoms with Crippen LogP contribution in [0.15, 0.2) is 77.6 Å². The molecule has 35 heavy (non-hydrogen) atoms. The van der Waals surface area contributed by atoms with Crippen molar-refractivity contribution in [3.63, 3.8) is 0 Å². The van der Waals surface area contributed by atoms with Gasteiger partial charge >= 0.3 is 0 Å². The maximum Gasteiger partial charge on any atom is 0.256 e. The van der Waals surface area contributed by atoms with Crippen molar-refractivity contribution < 1.29 is 14.3 Å². The van der Waals surface area contributed by atoms with E-state index >= 15 is 0 Å². The van der Waals surface area contributed by atoms with E-state index in [2.05, 4.69) is 29.7 Å². The Morgan fingerprint density at radius 1 is 0.886 bits per heavy atom. The van der Waals surface area contributed by atoms with Crippen LogP contribution in [0.5, 0.6) is 11.5 Å². The monoisotopic (exact) mass is 471 g/mol. The Morgan fingerprint density at radius 2 is 1.57 bits per heavy atom. The summed E-state index contributed by atoms with van der Waals surface area (Å²) >= 11 is 0. The van der Waals surface area contributed by atoms with Crippen LogP contribution in [0, 0.1) is 0 Å². The van der Waals surface area contributed by atoms with Gasteiger partial charge in [0.15, 0.2) is 11.5 Å². The third-order valence-electron chi connectivity index (χ3n) is 5.88. The number of carbonyl (C=O) groups excluding carboxylic acids is 1. The minimum atomic E-state index is -0.297. The minimum absolute atomic E-state index is 0.140. The summed E-state index contributed by atoms with van der Waals surface area (Å²) in [6.45, 7) is 2.28. The van der Waals surface area contributed by atoms with Crippen molar-refractivity contribution >= 4 is 28.2 Å². The smallest absolute Gasteiger partial charge is 0.256 e. The maximum absolute atomic E-state index is 13.5. The minimum Gasteiger partial charge on any atom is -0.493 e. The molecule has 180 valence electrons. The number of carbonyl (C=O) groups is 1. The molecule has 7 heteroatoms. The number of nitrogens with one attached hydrogen (secondary N) is 2. The van der Waals surface area contributed by atoms with Crippen LogP contribution in [-0.2, 0) is 24.3 Å². The molecule has 0 radical (unpaired) electrons. The van der Waals surface area contributed by atoms with E-state index in [9.17, 15) is 9.59 Å². The van der Waals surface area contributed by atoms with E-state index in [0.717, 1.165) is 17.5 Å². The summed E-state index contributed by atoms with van der Waals surface area (Å²) in [5, 5.41) is 6.94. The second-order valence-electron chi connectivity index (χ2n) is 8.15. The lowest BCUT2D eigenvalue weighted by Gasteiger charge is -2.16. The van der Waals surface area contributed by atoms with Crippen LogP contribution in [0.4, 0.5) is 11.4 Å². The number of aromatic nitrogens is 1. The van der Waals surface area contributed by atoms with Crippen molar-refractivity contribution in [1.82, 2.24) is 4.57 Å². The summed E-state index contributed by atoms with van der Waals surface area (Å²) in [4.78, 5) is 26.4. The number of fused-ring (bicyclic) bond motifs is 1. The largest absolute Gasteiger partial charge is 0.493 e. The fraction of sp³-hybridized carbons (Fsp3) is 0.214. The predicted molar refractivity (Wildman–Crippen MR) is 140 cm³/mol. The lowest BCUT2D eigenvalue weighted by atomic mass is 10.1. The summed E-state index contributed by atoms with van der Waals surface area (Å²) in [6, 6.07) is 22.7. The number of hydrogen-bond acceptors (Lipinski definition) is 5. The zero-order valence-electron chi connectivity index (χ0n) is 20.1. The number of anilines is 2. The first kappa shape index (κ1) is 23.9. The van der Waals surface area contributed by atoms with E-state index in [4.69, 9.17) is 9.47 Å². The molecule has 0 saturated carbocycles. The summed E-state index contributed by atoms with van der Waals surface area (Å²) in [5.41, 5.74) is 3.72. The molecule has 3 aromatic carbocycles. The number of ether oxygens (including phenoxy) is 2. The van der Waals surface area contributed by atoms with Gasteiger partial charge in [0.2, 0.25) is 5.91 Å². The Hall–Kier alpha value is -4.26. The Balaban J connectivity index is 1.71. The molecule has 2 N–H and O–H groups in total. The number of methoxy groups -OCH3 is 2. The second kappa shape index (κ2) is 10.8. The molecule has 0 aliphatic carbocycles. The average molecular weight is 472 g/mol. The zero-order chi connectivity index (χ0) is 24.8. The summed E-state index contributed by atoms with van der Waals surface area (Å²) < 4.78 is 12.4. The van der Waals surface area contributed by atoms with E-state index in [1.165, 1.54) is 17.2 Å². The number of benzene rings is 3. The highest BCUT2D eigenvalue weighted by atomic mass is 16.5. The molecule has 1 aromatic heterocycles. The third kappa shape index (κ3) is 5.46. The summed E-state index contributed by atoms with van der Waals surface area (Å²) in [5.74, 6) is 0.737. The summed E-state index contributed by atoms with van der Waals surface area (Å²) in [6.07, 6.45) is 0.964. The van der Waals surface area contributed by atoms with Crippen LogP contribution in [0.2, 0.25) is 0 Å². The SMILES string of the molecule is CCc1ccc(NCc2cc3cc(OC)c(OC)cc3n(CC(=O)Nc3ccccc3)c2=O)cc1. The number of aryl methyl sites for hydroxylation is 1. The van der Waals surface area contributed by atoms with Crippen LogP contribution in [0.1, 0.15) is 18.1 Å². The highest BCUT2D eigenvalue weighted by Gasteiger charge is 2.16. The van der Waals surface area contributed by atoms with Gasteiger partial charge < -0.3 is 20.1 Å². The first-order valence-corrected chi connectivity index (χ1v) is 11.5. The number of amides is 1. The fourth-order valence-corrected chi connectivity index (χ4v) is 3.97. The van der Waals surface area contributed by atoms with E-state index in [-0.39, 0.29) is 18.0 Å². The zero-order valence-corrected chi connectivity index (χ0v) is 20.1. The van der Waals surface area contributed by atoms with E-state index < -0.39 is 0 Å². The molecular weight excluding hydrogens is 442 g/mol. The van der Waals surface area contributed by atoms with Crippen molar-refractivity contribution in [3.8, 4) is 11.5 Å². The second-order valence-corrected chi connectivity index (χ2v) is 8.15. The van der Waals surface area contributed by atoms with Gasteiger partial charge in [-0.1, -0.05) is 37.3 Å². The molecule has 0 unspecified atom stereocenters. The van der Waals surface area contributed by atoms with Gasteiger partial charge in [0.1, 0.15) is 6.54 Å². The van der Waals surface area contributed by atoms with E-state index in [1.807, 2.05) is 42.5 Å². The standard InChI is InChI=1S/C28H29N3O4/c1-4-19-10-12-22(13-11-19)29-17-21-14-20-15-25(34-2)26(35-3)16-24(20)31(28(21)33)18-27(32)30-23-8-6-5-7-9-23/h5-16,29H,4,17-18H2,1-3H3,(H,30,32). The number of para-hydroxylation sites is 1. The van der Waals surface area contributed by atoms with Gasteiger partial charge in [0, 0.05) is 34.9 Å². The first-order chi connectivity index (χ1) is 17.0. The number of rotatable bonds is 9. The normalized spacial score (nSPS) is 10.7. The number of hydrogen-bond donors (Lipinski definition) is 2. The fourth-order valence-electron chi connectivity index (χ4n) is 3.97. The van der Waals surface area contributed by atoms with Gasteiger partial charge in [-0.05, 0) is 48.4 Å². The molecule has 0 bridgehead atoms. The molecule has 7 nitrogen and oxygen atoms in total. The lowest BCUT2D eigenvalue weighted by Crippen LogP contribution is -2.30. The number of nitrogens with zero attached hydrogens (tertiary/aromatic N) is 1. The van der Waals surface area contributed by atoms with Crippen molar-refractivity contribution in [2.75, 3.05) is 24.9 Å². The molecule has 0 fully saturated rings. The highest BCUT2D eigenvalue weighted by Crippen LogP contribution is 2.32. The Kier molecular flexibility index (Phi) is 7.35. The molecule has 0 spiro atoms. The first-order valence-electron chi connectivity index (χ1n) is 11.5. The van der Waals surface area contributed by atoms with Gasteiger partial charge in [-0.3, -0.25) is 14.2 Å². The molecule has 1 heterocycles. The van der Waals surface area contributed by atoms with Gasteiger partial charge in [-0.2, -0.15) is 0 Å². The van der Waals surface area contributed by atoms with Crippen LogP contribution < -0.4 is 25.7 Å². The Morgan fingerprint density at radius 3 is 2.23 bits per heavy atom. The molecular formula is C28H29N3O4. The molecule has 4 aromatic rings. The van der Waals surface area contributed by atoms with Crippen molar-refractivity contribution in [1.29, 1.82) is 0 Å². The molecule has 1 amide bonds. The highest BCUT2D eigenvalue weighted by molar-refractivity contribution is 5.92. The van der Waals surface area contributed by atoms with Crippen molar-refractivity contribution in [2.24, 2.45) is 0 Å². The van der Waals surface area contributed by atoms with E-state index in [0.29, 0.717) is 34.8 Å². The number of pyridine rings is 1. The van der Waals surface area contributed by atoms with Crippen LogP contribution in [-0.4, -0.2) is 24.7 Å². The Bertz CT molecular complexity index is 1380. The van der Waals surface area contributed by atoms with Gasteiger partial charge in [-0.25, -0.2) is 0 Å². The van der Waals surface area contributed by atoms with Crippen LogP contribution in [0.3, 0.4) is 0 Å². The summed E-state index contributed by atoms with van der Waals surface area (Å²) in [7, 11) is 3.10. The average Bonchev–Trinajstić information content (AvgIpc) is 2.89. The van der Waals surface area contributed by atoms with Gasteiger partial charge in [0.05, 0.1) is 19.7 Å². The topological polar surface area (TPSA) is 81.6 Å². The van der Waals surface area contributed by atoms with Crippen LogP contribution in [0.25, 0.3) is 10.9 Å². The van der Waals surface area contributed by atoms with Crippen LogP contribution >= 0.6 is 0 Å². The van der Waals surface area contributed by atoms with Gasteiger partial charge in [-0.15, -0.1) is 0 Å². The third-order valence-corrected chi connectivity index (χ3v) is 5.88. The Labute approximate surface area is 204 Å². The molecule has 0 aliphatic rings. The predicted octanol–water partition coefficient (Wildman–Crippen LogP) is 4.83. The van der Waals surface area contributed by atoms with E-state index in [1.54, 1.807) is 25.3 Å². The lowest BCUT2D eigenvalue weighted by molar-refractivity contribution is -0.116. The molecule has 0 atom stereocenters. The van der Waals surface area contributed by atoms with Gasteiger partial charge in [0.25, 0.3) is 5.56 Å². The van der Waals surface area contributed by atoms with Crippen molar-refractivity contribution in [2.45, 2.75) is 26.4 Å². The molecule has 0 aliphatic heterocycles. The van der Waals surface area contributed by atoms with Crippen molar-refractivity contribution in [3.05, 3.63) is 94.3 Å². The maximum atomic E-state index is 13.5. The molecule has 4 rings (SSSR count). The molecule has 0 saturated heterocycles.